The second-order valence-electron chi connectivity index (χ2n) is 9.70. The summed E-state index contributed by atoms with van der Waals surface area (Å²) in [5.41, 5.74) is 1.83. The highest BCUT2D eigenvalue weighted by molar-refractivity contribution is 5.99. The molecule has 0 aliphatic heterocycles. The van der Waals surface area contributed by atoms with Crippen molar-refractivity contribution in [2.75, 3.05) is 11.9 Å². The van der Waals surface area contributed by atoms with Gasteiger partial charge in [-0.05, 0) is 56.0 Å². The van der Waals surface area contributed by atoms with E-state index in [0.29, 0.717) is 35.8 Å². The van der Waals surface area contributed by atoms with Crippen LogP contribution in [0, 0.1) is 5.41 Å². The molecule has 1 fully saturated rings. The Labute approximate surface area is 235 Å². The molecule has 1 aliphatic rings. The average molecular weight is 568 g/mol. The summed E-state index contributed by atoms with van der Waals surface area (Å²) in [4.78, 5) is 28.6. The fourth-order valence-corrected chi connectivity index (χ4v) is 4.06. The lowest BCUT2D eigenvalue weighted by atomic mass is 9.91. The van der Waals surface area contributed by atoms with Crippen molar-refractivity contribution in [3.8, 4) is 5.75 Å². The van der Waals surface area contributed by atoms with E-state index in [1.807, 2.05) is 0 Å². The van der Waals surface area contributed by atoms with Gasteiger partial charge in [-0.3, -0.25) is 19.3 Å². The number of carbonyl (C=O) groups excluding carboxylic acids is 2. The van der Waals surface area contributed by atoms with Crippen molar-refractivity contribution in [2.24, 2.45) is 0 Å². The Kier molecular flexibility index (Phi) is 9.77. The van der Waals surface area contributed by atoms with Gasteiger partial charge in [0, 0.05) is 25.6 Å². The largest absolute Gasteiger partial charge is 0.488 e. The highest BCUT2D eigenvalue weighted by atomic mass is 19.3. The third kappa shape index (κ3) is 9.22. The Morgan fingerprint density at radius 3 is 2.76 bits per heavy atom. The first kappa shape index (κ1) is 29.4. The molecule has 4 rings (SSSR count). The summed E-state index contributed by atoms with van der Waals surface area (Å²) in [7, 11) is 0. The molecule has 14 heteroatoms. The maximum atomic E-state index is 13.0. The SMILES string of the molecule is C/C=C\C(=N)CNC(=O)c1cn(CCCCc2ccc(NC(=O)Cc3cncc(OC4CC(F)(F)C4)c3)nn2)nn1. The van der Waals surface area contributed by atoms with Gasteiger partial charge in [0.1, 0.15) is 11.9 Å². The maximum absolute atomic E-state index is 13.0. The number of hydrogen-bond acceptors (Lipinski definition) is 9. The van der Waals surface area contributed by atoms with Crippen molar-refractivity contribution < 1.29 is 23.1 Å². The van der Waals surface area contributed by atoms with E-state index in [9.17, 15) is 18.4 Å². The molecule has 1 saturated carbocycles. The molecule has 2 amide bonds. The Balaban J connectivity index is 1.15. The normalized spacial score (nSPS) is 14.4. The van der Waals surface area contributed by atoms with Crippen LogP contribution >= 0.6 is 0 Å². The smallest absolute Gasteiger partial charge is 0.273 e. The summed E-state index contributed by atoms with van der Waals surface area (Å²) in [6, 6.07) is 5.08. The van der Waals surface area contributed by atoms with Gasteiger partial charge in [0.15, 0.2) is 11.5 Å². The molecular weight excluding hydrogens is 536 g/mol. The molecule has 0 saturated heterocycles. The summed E-state index contributed by atoms with van der Waals surface area (Å²) < 4.78 is 33.1. The van der Waals surface area contributed by atoms with Gasteiger partial charge in [-0.2, -0.15) is 5.10 Å². The van der Waals surface area contributed by atoms with Crippen LogP contribution in [0.1, 0.15) is 54.4 Å². The molecule has 1 aliphatic carbocycles. The number of ether oxygens (including phenoxy) is 1. The molecule has 12 nitrogen and oxygen atoms in total. The minimum absolute atomic E-state index is 0.0139. The zero-order valence-electron chi connectivity index (χ0n) is 22.5. The highest BCUT2D eigenvalue weighted by Crippen LogP contribution is 2.39. The molecule has 41 heavy (non-hydrogen) atoms. The van der Waals surface area contributed by atoms with Crippen LogP contribution in [0.15, 0.2) is 48.9 Å². The van der Waals surface area contributed by atoms with Gasteiger partial charge in [-0.1, -0.05) is 11.3 Å². The summed E-state index contributed by atoms with van der Waals surface area (Å²) in [5, 5.41) is 29.1. The van der Waals surface area contributed by atoms with Gasteiger partial charge in [0.05, 0.1) is 36.8 Å². The number of nitrogens with zero attached hydrogens (tertiary/aromatic N) is 6. The lowest BCUT2D eigenvalue weighted by Crippen LogP contribution is -2.43. The number of nitrogens with one attached hydrogen (secondary N) is 3. The van der Waals surface area contributed by atoms with Crippen LogP contribution in [-0.2, 0) is 24.2 Å². The first-order valence-electron chi connectivity index (χ1n) is 13.2. The van der Waals surface area contributed by atoms with Crippen molar-refractivity contribution in [1.29, 1.82) is 5.41 Å². The molecular formula is C27H31F2N9O3. The number of aromatic nitrogens is 6. The first-order valence-corrected chi connectivity index (χ1v) is 13.2. The fraction of sp³-hybridized carbons (Fsp3) is 0.407. The maximum Gasteiger partial charge on any atom is 0.273 e. The number of aryl methyl sites for hydroxylation is 2. The Morgan fingerprint density at radius 2 is 2.02 bits per heavy atom. The van der Waals surface area contributed by atoms with E-state index < -0.39 is 12.0 Å². The summed E-state index contributed by atoms with van der Waals surface area (Å²) in [6.07, 6.45) is 8.93. The molecule has 0 radical (unpaired) electrons. The van der Waals surface area contributed by atoms with Crippen molar-refractivity contribution >= 4 is 23.3 Å². The van der Waals surface area contributed by atoms with Gasteiger partial charge >= 0.3 is 0 Å². The zero-order valence-corrected chi connectivity index (χ0v) is 22.5. The van der Waals surface area contributed by atoms with Crippen molar-refractivity contribution in [1.82, 2.24) is 35.5 Å². The summed E-state index contributed by atoms with van der Waals surface area (Å²) in [6.45, 7) is 2.50. The van der Waals surface area contributed by atoms with E-state index in [4.69, 9.17) is 10.1 Å². The monoisotopic (exact) mass is 567 g/mol. The Hall–Kier alpha value is -4.62. The molecule has 3 heterocycles. The van der Waals surface area contributed by atoms with Gasteiger partial charge < -0.3 is 20.8 Å². The first-order chi connectivity index (χ1) is 19.7. The van der Waals surface area contributed by atoms with E-state index >= 15 is 0 Å². The van der Waals surface area contributed by atoms with Gasteiger partial charge in [-0.25, -0.2) is 8.78 Å². The van der Waals surface area contributed by atoms with E-state index in [1.54, 1.807) is 48.2 Å². The second-order valence-corrected chi connectivity index (χ2v) is 9.70. The summed E-state index contributed by atoms with van der Waals surface area (Å²) >= 11 is 0. The third-order valence-corrected chi connectivity index (χ3v) is 6.13. The van der Waals surface area contributed by atoms with Crippen LogP contribution < -0.4 is 15.4 Å². The fourth-order valence-electron chi connectivity index (χ4n) is 4.06. The van der Waals surface area contributed by atoms with Crippen LogP contribution in [0.25, 0.3) is 0 Å². The van der Waals surface area contributed by atoms with Gasteiger partial charge in [-0.15, -0.1) is 10.2 Å². The van der Waals surface area contributed by atoms with Crippen molar-refractivity contribution in [3.63, 3.8) is 0 Å². The second kappa shape index (κ2) is 13.6. The molecule has 0 spiro atoms. The van der Waals surface area contributed by atoms with Gasteiger partial charge in [0.2, 0.25) is 5.91 Å². The molecule has 0 unspecified atom stereocenters. The van der Waals surface area contributed by atoms with Crippen LogP contribution in [0.2, 0.25) is 0 Å². The summed E-state index contributed by atoms with van der Waals surface area (Å²) in [5.74, 6) is -2.71. The lowest BCUT2D eigenvalue weighted by molar-refractivity contribution is -0.134. The number of carbonyl (C=O) groups is 2. The van der Waals surface area contributed by atoms with E-state index in [0.717, 1.165) is 18.5 Å². The predicted octanol–water partition coefficient (Wildman–Crippen LogP) is 3.17. The Morgan fingerprint density at radius 1 is 1.20 bits per heavy atom. The molecule has 3 aromatic rings. The molecule has 3 N–H and O–H groups in total. The molecule has 0 aromatic carbocycles. The number of anilines is 1. The number of unbranched alkanes of at least 4 members (excludes halogenated alkanes) is 1. The standard InChI is InChI=1S/C27H31F2N9O3/c1-2-5-19(30)15-32-26(40)23-17-38(37-35-23)9-4-3-6-20-7-8-24(36-34-20)33-25(39)11-18-10-21(16-31-14-18)41-22-12-27(28,29)13-22/h2,5,7-8,10,14,16-17,22,30H,3-4,6,9,11-13,15H2,1H3,(H,32,40)(H,33,36,39)/b5-2-,30-19?. The van der Waals surface area contributed by atoms with Crippen LogP contribution in [0.4, 0.5) is 14.6 Å². The van der Waals surface area contributed by atoms with Crippen LogP contribution in [0.3, 0.4) is 0 Å². The van der Waals surface area contributed by atoms with E-state index in [1.165, 1.54) is 12.4 Å². The molecule has 0 atom stereocenters. The quantitative estimate of drug-likeness (QED) is 0.198. The number of allylic oxidation sites excluding steroid dienone is 1. The Bertz CT molecular complexity index is 1380. The highest BCUT2D eigenvalue weighted by Gasteiger charge is 2.47. The number of hydrogen-bond donors (Lipinski definition) is 3. The number of alkyl halides is 2. The van der Waals surface area contributed by atoms with E-state index in [-0.39, 0.29) is 43.3 Å². The van der Waals surface area contributed by atoms with Crippen LogP contribution in [0.5, 0.6) is 5.75 Å². The lowest BCUT2D eigenvalue weighted by Gasteiger charge is -2.34. The van der Waals surface area contributed by atoms with Crippen molar-refractivity contribution in [2.45, 2.75) is 64.0 Å². The molecule has 216 valence electrons. The predicted molar refractivity (Wildman–Crippen MR) is 145 cm³/mol. The average Bonchev–Trinajstić information content (AvgIpc) is 3.39. The van der Waals surface area contributed by atoms with Crippen molar-refractivity contribution in [3.05, 3.63) is 65.9 Å². The number of rotatable bonds is 14. The number of pyridine rings is 1. The number of halogens is 2. The molecule has 0 bridgehead atoms. The minimum Gasteiger partial charge on any atom is -0.488 e. The zero-order chi connectivity index (χ0) is 29.2. The van der Waals surface area contributed by atoms with Crippen LogP contribution in [-0.4, -0.2) is 66.3 Å². The molecule has 3 aromatic heterocycles. The minimum atomic E-state index is -2.67. The van der Waals surface area contributed by atoms with E-state index in [2.05, 4.69) is 36.1 Å². The number of amides is 2. The van der Waals surface area contributed by atoms with Gasteiger partial charge in [0.25, 0.3) is 11.8 Å². The topological polar surface area (TPSA) is 161 Å². The third-order valence-electron chi connectivity index (χ3n) is 6.13.